The van der Waals surface area contributed by atoms with E-state index in [-0.39, 0.29) is 11.5 Å². The Hall–Kier alpha value is -2.66. The Kier molecular flexibility index (Phi) is 4.47. The summed E-state index contributed by atoms with van der Waals surface area (Å²) in [6.07, 6.45) is 2.85. The van der Waals surface area contributed by atoms with Crippen LogP contribution in [0.3, 0.4) is 0 Å². The number of aromatic nitrogens is 2. The van der Waals surface area contributed by atoms with Crippen molar-refractivity contribution in [1.82, 2.24) is 14.9 Å². The molecule has 1 aliphatic heterocycles. The molecule has 1 aliphatic rings. The van der Waals surface area contributed by atoms with Crippen molar-refractivity contribution in [3.63, 3.8) is 0 Å². The van der Waals surface area contributed by atoms with E-state index >= 15 is 0 Å². The molecule has 0 fully saturated rings. The Bertz CT molecular complexity index is 1040. The number of aryl methyl sites for hydroxylation is 1. The van der Waals surface area contributed by atoms with Crippen molar-refractivity contribution < 1.29 is 4.79 Å². The molecule has 0 atom stereocenters. The van der Waals surface area contributed by atoms with Crippen molar-refractivity contribution in [3.8, 4) is 0 Å². The number of carbonyl (C=O) groups excluding carboxylic acids is 1. The predicted molar refractivity (Wildman–Crippen MR) is 102 cm³/mol. The highest BCUT2D eigenvalue weighted by Crippen LogP contribution is 2.16. The van der Waals surface area contributed by atoms with Crippen LogP contribution in [0.15, 0.2) is 47.3 Å². The highest BCUT2D eigenvalue weighted by atomic mass is 35.5. The average molecular weight is 368 g/mol. The normalized spacial score (nSPS) is 13.4. The summed E-state index contributed by atoms with van der Waals surface area (Å²) < 4.78 is 1.76. The van der Waals surface area contributed by atoms with Crippen molar-refractivity contribution in [1.29, 1.82) is 0 Å². The first-order valence-corrected chi connectivity index (χ1v) is 9.06. The molecule has 26 heavy (non-hydrogen) atoms. The summed E-state index contributed by atoms with van der Waals surface area (Å²) in [7, 11) is 0. The predicted octanol–water partition coefficient (Wildman–Crippen LogP) is 3.32. The van der Waals surface area contributed by atoms with E-state index in [1.807, 2.05) is 12.1 Å². The van der Waals surface area contributed by atoms with Gasteiger partial charge in [-0.1, -0.05) is 23.7 Å². The Morgan fingerprint density at radius 1 is 1.15 bits per heavy atom. The molecule has 1 aromatic heterocycles. The van der Waals surface area contributed by atoms with Crippen LogP contribution in [0.25, 0.3) is 10.9 Å². The summed E-state index contributed by atoms with van der Waals surface area (Å²) in [6.45, 7) is 1.13. The molecule has 6 heteroatoms. The van der Waals surface area contributed by atoms with Gasteiger partial charge in [0.05, 0.1) is 10.9 Å². The highest BCUT2D eigenvalue weighted by Gasteiger charge is 2.16. The van der Waals surface area contributed by atoms with Crippen LogP contribution < -0.4 is 10.9 Å². The number of halogens is 1. The molecule has 0 saturated carbocycles. The third-order valence-corrected chi connectivity index (χ3v) is 4.95. The molecule has 5 nitrogen and oxygen atoms in total. The van der Waals surface area contributed by atoms with Gasteiger partial charge in [0.2, 0.25) is 0 Å². The Morgan fingerprint density at radius 2 is 1.96 bits per heavy atom. The molecule has 4 rings (SSSR count). The van der Waals surface area contributed by atoms with E-state index in [2.05, 4.69) is 10.3 Å². The topological polar surface area (TPSA) is 64.0 Å². The SMILES string of the molecule is O=C(NCc1ccc(Cl)cc1)c1ccc2c(=O)n3c(nc2c1)CCCC3. The van der Waals surface area contributed by atoms with E-state index in [0.717, 1.165) is 37.2 Å². The quantitative estimate of drug-likeness (QED) is 0.772. The number of hydrogen-bond donors (Lipinski definition) is 1. The smallest absolute Gasteiger partial charge is 0.261 e. The van der Waals surface area contributed by atoms with Gasteiger partial charge < -0.3 is 5.32 Å². The Morgan fingerprint density at radius 3 is 2.77 bits per heavy atom. The van der Waals surface area contributed by atoms with Gasteiger partial charge in [-0.3, -0.25) is 14.2 Å². The van der Waals surface area contributed by atoms with E-state index in [4.69, 9.17) is 11.6 Å². The van der Waals surface area contributed by atoms with Gasteiger partial charge in [-0.15, -0.1) is 0 Å². The summed E-state index contributed by atoms with van der Waals surface area (Å²) in [6, 6.07) is 12.4. The van der Waals surface area contributed by atoms with Crippen LogP contribution in [0.4, 0.5) is 0 Å². The minimum atomic E-state index is -0.193. The summed E-state index contributed by atoms with van der Waals surface area (Å²) in [5.41, 5.74) is 2.04. The van der Waals surface area contributed by atoms with Gasteiger partial charge in [-0.05, 0) is 48.7 Å². The van der Waals surface area contributed by atoms with Gasteiger partial charge in [0.15, 0.2) is 0 Å². The van der Waals surface area contributed by atoms with Crippen LogP contribution in [-0.2, 0) is 19.5 Å². The second-order valence-corrected chi connectivity index (χ2v) is 6.92. The maximum absolute atomic E-state index is 12.6. The van der Waals surface area contributed by atoms with E-state index in [0.29, 0.717) is 28.0 Å². The molecule has 2 heterocycles. The maximum Gasteiger partial charge on any atom is 0.261 e. The molecule has 1 amide bonds. The average Bonchev–Trinajstić information content (AvgIpc) is 2.67. The summed E-state index contributed by atoms with van der Waals surface area (Å²) >= 11 is 5.87. The third kappa shape index (κ3) is 3.22. The lowest BCUT2D eigenvalue weighted by Gasteiger charge is -2.17. The number of benzene rings is 2. The third-order valence-electron chi connectivity index (χ3n) is 4.69. The van der Waals surface area contributed by atoms with Crippen LogP contribution in [0.5, 0.6) is 0 Å². The summed E-state index contributed by atoms with van der Waals surface area (Å²) in [5, 5.41) is 4.11. The molecular weight excluding hydrogens is 350 g/mol. The zero-order valence-corrected chi connectivity index (χ0v) is 14.9. The molecule has 0 unspecified atom stereocenters. The van der Waals surface area contributed by atoms with E-state index in [1.54, 1.807) is 34.9 Å². The number of amides is 1. The Labute approximate surface area is 155 Å². The monoisotopic (exact) mass is 367 g/mol. The minimum Gasteiger partial charge on any atom is -0.348 e. The first kappa shape index (κ1) is 16.8. The number of nitrogens with zero attached hydrogens (tertiary/aromatic N) is 2. The molecule has 0 saturated heterocycles. The largest absolute Gasteiger partial charge is 0.348 e. The number of hydrogen-bond acceptors (Lipinski definition) is 3. The molecule has 3 aromatic rings. The molecule has 1 N–H and O–H groups in total. The fraction of sp³-hybridized carbons (Fsp3) is 0.250. The molecule has 0 aliphatic carbocycles. The zero-order chi connectivity index (χ0) is 18.1. The van der Waals surface area contributed by atoms with Gasteiger partial charge in [0, 0.05) is 30.1 Å². The molecule has 0 spiro atoms. The molecule has 2 aromatic carbocycles. The lowest BCUT2D eigenvalue weighted by atomic mass is 10.1. The first-order chi connectivity index (χ1) is 12.6. The maximum atomic E-state index is 12.6. The lowest BCUT2D eigenvalue weighted by Crippen LogP contribution is -2.28. The van der Waals surface area contributed by atoms with E-state index in [9.17, 15) is 9.59 Å². The fourth-order valence-electron chi connectivity index (χ4n) is 3.27. The summed E-state index contributed by atoms with van der Waals surface area (Å²) in [5.74, 6) is 0.619. The van der Waals surface area contributed by atoms with Crippen LogP contribution in [0.1, 0.15) is 34.6 Å². The highest BCUT2D eigenvalue weighted by molar-refractivity contribution is 6.30. The van der Waals surface area contributed by atoms with E-state index in [1.165, 1.54) is 0 Å². The number of fused-ring (bicyclic) bond motifs is 2. The fourth-order valence-corrected chi connectivity index (χ4v) is 3.40. The second-order valence-electron chi connectivity index (χ2n) is 6.48. The molecular formula is C20H18ClN3O2. The van der Waals surface area contributed by atoms with Crippen molar-refractivity contribution in [3.05, 3.63) is 74.8 Å². The molecule has 132 valence electrons. The van der Waals surface area contributed by atoms with Gasteiger partial charge in [0.25, 0.3) is 11.5 Å². The Balaban J connectivity index is 1.59. The lowest BCUT2D eigenvalue weighted by molar-refractivity contribution is 0.0951. The minimum absolute atomic E-state index is 0.0159. The van der Waals surface area contributed by atoms with Gasteiger partial charge >= 0.3 is 0 Å². The zero-order valence-electron chi connectivity index (χ0n) is 14.2. The van der Waals surface area contributed by atoms with Crippen molar-refractivity contribution in [2.24, 2.45) is 0 Å². The molecule has 0 radical (unpaired) electrons. The van der Waals surface area contributed by atoms with Crippen molar-refractivity contribution >= 4 is 28.4 Å². The van der Waals surface area contributed by atoms with Crippen LogP contribution in [0.2, 0.25) is 5.02 Å². The van der Waals surface area contributed by atoms with Crippen molar-refractivity contribution in [2.75, 3.05) is 0 Å². The summed E-state index contributed by atoms with van der Waals surface area (Å²) in [4.78, 5) is 29.7. The second kappa shape index (κ2) is 6.92. The van der Waals surface area contributed by atoms with Crippen LogP contribution >= 0.6 is 11.6 Å². The number of rotatable bonds is 3. The molecule has 0 bridgehead atoms. The van der Waals surface area contributed by atoms with Gasteiger partial charge in [-0.25, -0.2) is 4.98 Å². The first-order valence-electron chi connectivity index (χ1n) is 8.68. The van der Waals surface area contributed by atoms with Crippen LogP contribution in [0, 0.1) is 0 Å². The van der Waals surface area contributed by atoms with Gasteiger partial charge in [-0.2, -0.15) is 0 Å². The number of carbonyl (C=O) groups is 1. The standard InChI is InChI=1S/C20H18ClN3O2/c21-15-7-4-13(5-8-15)12-22-19(25)14-6-9-16-17(11-14)23-18-3-1-2-10-24(18)20(16)26/h4-9,11H,1-3,10,12H2,(H,22,25). The van der Waals surface area contributed by atoms with Gasteiger partial charge in [0.1, 0.15) is 5.82 Å². The van der Waals surface area contributed by atoms with E-state index < -0.39 is 0 Å². The van der Waals surface area contributed by atoms with Crippen molar-refractivity contribution in [2.45, 2.75) is 32.4 Å². The number of nitrogens with one attached hydrogen (secondary N) is 1. The van der Waals surface area contributed by atoms with Crippen LogP contribution in [-0.4, -0.2) is 15.5 Å².